The Bertz CT molecular complexity index is 559. The number of nitrogen functional groups attached to an aromatic ring is 1. The minimum absolute atomic E-state index is 0.208. The quantitative estimate of drug-likeness (QED) is 0.821. The van der Waals surface area contributed by atoms with E-state index in [0.29, 0.717) is 17.9 Å². The molecule has 1 aliphatic rings. The third-order valence-corrected chi connectivity index (χ3v) is 3.43. The Kier molecular flexibility index (Phi) is 3.46. The number of likely N-dealkylation sites (tertiary alicyclic amines) is 1. The number of nitrogens with zero attached hydrogens (tertiary/aromatic N) is 6. The van der Waals surface area contributed by atoms with Crippen molar-refractivity contribution in [2.24, 2.45) is 0 Å². The number of aromatic nitrogens is 5. The monoisotopic (exact) mass is 274 g/mol. The van der Waals surface area contributed by atoms with Crippen LogP contribution in [0.4, 0.5) is 11.9 Å². The summed E-state index contributed by atoms with van der Waals surface area (Å²) in [5, 5.41) is 3.34. The van der Waals surface area contributed by atoms with Gasteiger partial charge in [0.05, 0.1) is 0 Å². The molecule has 0 atom stereocenters. The second-order valence-corrected chi connectivity index (χ2v) is 5.01. The third-order valence-electron chi connectivity index (χ3n) is 3.43. The number of nitrogens with two attached hydrogens (primary N) is 1. The van der Waals surface area contributed by atoms with Crippen LogP contribution < -0.4 is 11.1 Å². The van der Waals surface area contributed by atoms with E-state index in [1.807, 2.05) is 0 Å². The van der Waals surface area contributed by atoms with Crippen LogP contribution in [0.5, 0.6) is 0 Å². The average molecular weight is 274 g/mol. The van der Waals surface area contributed by atoms with Crippen LogP contribution in [-0.4, -0.2) is 55.6 Å². The molecule has 0 bridgehead atoms. The SMILES string of the molecule is CN1CCC(Nc2nc(N)nc(-n3ccnc3)n2)CC1. The van der Waals surface area contributed by atoms with E-state index in [0.717, 1.165) is 25.9 Å². The second-order valence-electron chi connectivity index (χ2n) is 5.01. The van der Waals surface area contributed by atoms with Gasteiger partial charge < -0.3 is 16.0 Å². The van der Waals surface area contributed by atoms with E-state index in [1.54, 1.807) is 23.3 Å². The summed E-state index contributed by atoms with van der Waals surface area (Å²) in [4.78, 5) is 18.9. The zero-order valence-corrected chi connectivity index (χ0v) is 11.4. The van der Waals surface area contributed by atoms with E-state index in [9.17, 15) is 0 Å². The van der Waals surface area contributed by atoms with Crippen molar-refractivity contribution >= 4 is 11.9 Å². The predicted octanol–water partition coefficient (Wildman–Crippen LogP) is 0.146. The highest BCUT2D eigenvalue weighted by molar-refractivity contribution is 5.36. The van der Waals surface area contributed by atoms with Gasteiger partial charge in [-0.2, -0.15) is 15.0 Å². The molecule has 2 aromatic heterocycles. The Morgan fingerprint density at radius 2 is 2.05 bits per heavy atom. The van der Waals surface area contributed by atoms with Crippen molar-refractivity contribution < 1.29 is 0 Å². The van der Waals surface area contributed by atoms with Crippen LogP contribution in [0.2, 0.25) is 0 Å². The Morgan fingerprint density at radius 3 is 2.75 bits per heavy atom. The summed E-state index contributed by atoms with van der Waals surface area (Å²) in [7, 11) is 2.13. The molecule has 2 aromatic rings. The van der Waals surface area contributed by atoms with E-state index in [4.69, 9.17) is 5.73 Å². The lowest BCUT2D eigenvalue weighted by Crippen LogP contribution is -2.37. The van der Waals surface area contributed by atoms with Gasteiger partial charge in [0.25, 0.3) is 0 Å². The van der Waals surface area contributed by atoms with Crippen molar-refractivity contribution in [2.45, 2.75) is 18.9 Å². The molecule has 20 heavy (non-hydrogen) atoms. The molecule has 0 aromatic carbocycles. The molecule has 1 aliphatic heterocycles. The maximum atomic E-state index is 5.75. The summed E-state index contributed by atoms with van der Waals surface area (Å²) in [5.74, 6) is 1.21. The number of imidazole rings is 1. The average Bonchev–Trinajstić information content (AvgIpc) is 2.95. The molecule has 8 nitrogen and oxygen atoms in total. The Balaban J connectivity index is 1.76. The van der Waals surface area contributed by atoms with Crippen molar-refractivity contribution in [1.29, 1.82) is 0 Å². The maximum Gasteiger partial charge on any atom is 0.241 e. The molecule has 3 heterocycles. The molecule has 1 fully saturated rings. The van der Waals surface area contributed by atoms with Gasteiger partial charge in [0.15, 0.2) is 0 Å². The second kappa shape index (κ2) is 5.41. The normalized spacial score (nSPS) is 17.2. The molecule has 106 valence electrons. The first-order valence-electron chi connectivity index (χ1n) is 6.65. The van der Waals surface area contributed by atoms with Crippen molar-refractivity contribution in [2.75, 3.05) is 31.2 Å². The molecular weight excluding hydrogens is 256 g/mol. The molecule has 0 radical (unpaired) electrons. The van der Waals surface area contributed by atoms with E-state index >= 15 is 0 Å². The van der Waals surface area contributed by atoms with Gasteiger partial charge in [-0.15, -0.1) is 0 Å². The van der Waals surface area contributed by atoms with E-state index in [2.05, 4.69) is 37.2 Å². The minimum Gasteiger partial charge on any atom is -0.368 e. The molecular formula is C12H18N8. The van der Waals surface area contributed by atoms with Gasteiger partial charge in [0.1, 0.15) is 6.33 Å². The third kappa shape index (κ3) is 2.85. The van der Waals surface area contributed by atoms with Gasteiger partial charge in [-0.05, 0) is 33.0 Å². The van der Waals surface area contributed by atoms with Crippen molar-refractivity contribution in [3.05, 3.63) is 18.7 Å². The Hall–Kier alpha value is -2.22. The summed E-state index contributed by atoms with van der Waals surface area (Å²) in [6.07, 6.45) is 7.22. The highest BCUT2D eigenvalue weighted by Crippen LogP contribution is 2.14. The number of hydrogen-bond acceptors (Lipinski definition) is 7. The molecule has 0 aliphatic carbocycles. The topological polar surface area (TPSA) is 97.8 Å². The fourth-order valence-electron chi connectivity index (χ4n) is 2.27. The first-order valence-corrected chi connectivity index (χ1v) is 6.65. The van der Waals surface area contributed by atoms with Gasteiger partial charge in [-0.3, -0.25) is 4.57 Å². The molecule has 1 saturated heterocycles. The highest BCUT2D eigenvalue weighted by Gasteiger charge is 2.18. The van der Waals surface area contributed by atoms with Crippen LogP contribution in [0.3, 0.4) is 0 Å². The van der Waals surface area contributed by atoms with Crippen LogP contribution in [0.1, 0.15) is 12.8 Å². The fraction of sp³-hybridized carbons (Fsp3) is 0.500. The first kappa shape index (κ1) is 12.8. The van der Waals surface area contributed by atoms with E-state index < -0.39 is 0 Å². The lowest BCUT2D eigenvalue weighted by Gasteiger charge is -2.29. The highest BCUT2D eigenvalue weighted by atomic mass is 15.3. The summed E-state index contributed by atoms with van der Waals surface area (Å²) >= 11 is 0. The largest absolute Gasteiger partial charge is 0.368 e. The molecule has 3 N–H and O–H groups in total. The van der Waals surface area contributed by atoms with Gasteiger partial charge in [-0.25, -0.2) is 4.98 Å². The zero-order valence-electron chi connectivity index (χ0n) is 11.4. The standard InChI is InChI=1S/C12H18N8/c1-19-5-2-9(3-6-19)15-11-16-10(13)17-12(18-11)20-7-4-14-8-20/h4,7-9H,2-3,5-6H2,1H3,(H3,13,15,16,17,18). The number of piperidine rings is 1. The fourth-order valence-corrected chi connectivity index (χ4v) is 2.27. The summed E-state index contributed by atoms with van der Waals surface area (Å²) in [6, 6.07) is 0.378. The van der Waals surface area contributed by atoms with Crippen LogP contribution in [0.25, 0.3) is 5.95 Å². The summed E-state index contributed by atoms with van der Waals surface area (Å²) < 4.78 is 1.71. The molecule has 0 saturated carbocycles. The molecule has 3 rings (SSSR count). The van der Waals surface area contributed by atoms with E-state index in [1.165, 1.54) is 0 Å². The lowest BCUT2D eigenvalue weighted by atomic mass is 10.1. The summed E-state index contributed by atoms with van der Waals surface area (Å²) in [6.45, 7) is 2.15. The van der Waals surface area contributed by atoms with E-state index in [-0.39, 0.29) is 5.95 Å². The predicted molar refractivity (Wildman–Crippen MR) is 75.5 cm³/mol. The first-order chi connectivity index (χ1) is 9.70. The van der Waals surface area contributed by atoms with Crippen molar-refractivity contribution in [1.82, 2.24) is 29.4 Å². The smallest absolute Gasteiger partial charge is 0.241 e. The van der Waals surface area contributed by atoms with Crippen LogP contribution in [0.15, 0.2) is 18.7 Å². The molecule has 0 amide bonds. The van der Waals surface area contributed by atoms with Crippen LogP contribution in [-0.2, 0) is 0 Å². The maximum absolute atomic E-state index is 5.75. The van der Waals surface area contributed by atoms with Gasteiger partial charge >= 0.3 is 0 Å². The minimum atomic E-state index is 0.208. The number of nitrogens with one attached hydrogen (secondary N) is 1. The molecule has 0 unspecified atom stereocenters. The van der Waals surface area contributed by atoms with Gasteiger partial charge in [0.2, 0.25) is 17.8 Å². The van der Waals surface area contributed by atoms with Gasteiger partial charge in [0, 0.05) is 18.4 Å². The van der Waals surface area contributed by atoms with Crippen LogP contribution in [0, 0.1) is 0 Å². The van der Waals surface area contributed by atoms with Crippen molar-refractivity contribution in [3.8, 4) is 5.95 Å². The molecule has 8 heteroatoms. The lowest BCUT2D eigenvalue weighted by molar-refractivity contribution is 0.263. The van der Waals surface area contributed by atoms with Crippen molar-refractivity contribution in [3.63, 3.8) is 0 Å². The number of anilines is 2. The van der Waals surface area contributed by atoms with Crippen LogP contribution >= 0.6 is 0 Å². The zero-order chi connectivity index (χ0) is 13.9. The molecule has 0 spiro atoms. The Morgan fingerprint density at radius 1 is 1.25 bits per heavy atom. The van der Waals surface area contributed by atoms with Gasteiger partial charge in [-0.1, -0.05) is 0 Å². The summed E-state index contributed by atoms with van der Waals surface area (Å²) in [5.41, 5.74) is 5.75. The number of rotatable bonds is 3. The number of hydrogen-bond donors (Lipinski definition) is 2. The Labute approximate surface area is 117 Å².